The Morgan fingerprint density at radius 3 is 2.35 bits per heavy atom. The molecule has 3 nitrogen and oxygen atoms in total. The first-order valence-corrected chi connectivity index (χ1v) is 8.50. The lowest BCUT2D eigenvalue weighted by atomic mass is 9.98. The summed E-state index contributed by atoms with van der Waals surface area (Å²) < 4.78 is 32.1. The van der Waals surface area contributed by atoms with E-state index >= 15 is 0 Å². The van der Waals surface area contributed by atoms with Crippen LogP contribution in [0.25, 0.3) is 0 Å². The lowest BCUT2D eigenvalue weighted by Gasteiger charge is -2.42. The zero-order chi connectivity index (χ0) is 16.4. The van der Waals surface area contributed by atoms with Crippen molar-refractivity contribution < 1.29 is 13.5 Å². The number of halogens is 2. The molecule has 2 aliphatic heterocycles. The molecule has 3 rings (SSSR count). The predicted octanol–water partition coefficient (Wildman–Crippen LogP) is 3.70. The number of hydrogen-bond donors (Lipinski definition) is 0. The summed E-state index contributed by atoms with van der Waals surface area (Å²) in [5.74, 6) is -1.53. The number of ether oxygens (including phenoxy) is 1. The molecule has 5 heteroatoms. The number of alkyl halides is 2. The zero-order valence-corrected chi connectivity index (χ0v) is 14.0. The highest BCUT2D eigenvalue weighted by atomic mass is 19.3. The van der Waals surface area contributed by atoms with E-state index in [0.717, 1.165) is 37.4 Å². The smallest absolute Gasteiger partial charge is 0.250 e. The maximum atomic E-state index is 13.3. The van der Waals surface area contributed by atoms with Crippen LogP contribution in [0.1, 0.15) is 31.2 Å². The van der Waals surface area contributed by atoms with E-state index in [1.165, 1.54) is 5.56 Å². The van der Waals surface area contributed by atoms with Crippen molar-refractivity contribution in [1.29, 1.82) is 0 Å². The number of aryl methyl sites for hydroxylation is 1. The molecular formula is C18H26F2N2O. The molecule has 2 fully saturated rings. The van der Waals surface area contributed by atoms with Gasteiger partial charge in [-0.05, 0) is 37.5 Å². The Labute approximate surface area is 137 Å². The second-order valence-corrected chi connectivity index (χ2v) is 6.79. The Bertz CT molecular complexity index is 532. The summed E-state index contributed by atoms with van der Waals surface area (Å²) in [6.07, 6.45) is 2.09. The SMILES string of the molecule is COc1cc(C)ccc1N1CCC(N2CCC(F)(F)CC2)CC1. The van der Waals surface area contributed by atoms with Crippen LogP contribution in [0.5, 0.6) is 5.75 Å². The Hall–Kier alpha value is -1.36. The highest BCUT2D eigenvalue weighted by Crippen LogP contribution is 2.34. The molecule has 0 radical (unpaired) electrons. The molecule has 1 aromatic carbocycles. The van der Waals surface area contributed by atoms with Crippen molar-refractivity contribution in [2.75, 3.05) is 38.2 Å². The van der Waals surface area contributed by atoms with Gasteiger partial charge in [0.15, 0.2) is 0 Å². The highest BCUT2D eigenvalue weighted by molar-refractivity contribution is 5.60. The Morgan fingerprint density at radius 1 is 1.09 bits per heavy atom. The van der Waals surface area contributed by atoms with E-state index in [-0.39, 0.29) is 12.8 Å². The Balaban J connectivity index is 1.59. The lowest BCUT2D eigenvalue weighted by molar-refractivity contribution is -0.0646. The summed E-state index contributed by atoms with van der Waals surface area (Å²) >= 11 is 0. The zero-order valence-electron chi connectivity index (χ0n) is 14.0. The van der Waals surface area contributed by atoms with Crippen LogP contribution in [0.4, 0.5) is 14.5 Å². The summed E-state index contributed by atoms with van der Waals surface area (Å²) in [5.41, 5.74) is 2.33. The minimum absolute atomic E-state index is 0.0129. The van der Waals surface area contributed by atoms with E-state index in [0.29, 0.717) is 19.1 Å². The third-order valence-corrected chi connectivity index (χ3v) is 5.19. The van der Waals surface area contributed by atoms with Gasteiger partial charge in [-0.25, -0.2) is 8.78 Å². The van der Waals surface area contributed by atoms with Gasteiger partial charge in [0.25, 0.3) is 5.92 Å². The number of likely N-dealkylation sites (tertiary alicyclic amines) is 1. The van der Waals surface area contributed by atoms with Crippen LogP contribution in [0.15, 0.2) is 18.2 Å². The molecule has 0 bridgehead atoms. The third kappa shape index (κ3) is 3.77. The van der Waals surface area contributed by atoms with Crippen molar-refractivity contribution in [3.8, 4) is 5.75 Å². The normalized spacial score (nSPS) is 23.0. The molecule has 0 saturated carbocycles. The van der Waals surface area contributed by atoms with Crippen molar-refractivity contribution in [3.63, 3.8) is 0 Å². The van der Waals surface area contributed by atoms with Gasteiger partial charge in [0, 0.05) is 45.1 Å². The van der Waals surface area contributed by atoms with Gasteiger partial charge < -0.3 is 9.64 Å². The van der Waals surface area contributed by atoms with Gasteiger partial charge >= 0.3 is 0 Å². The monoisotopic (exact) mass is 324 g/mol. The number of rotatable bonds is 3. The minimum Gasteiger partial charge on any atom is -0.495 e. The molecule has 0 atom stereocenters. The van der Waals surface area contributed by atoms with Crippen LogP contribution in [0.3, 0.4) is 0 Å². The van der Waals surface area contributed by atoms with Gasteiger partial charge in [0.05, 0.1) is 12.8 Å². The van der Waals surface area contributed by atoms with Crippen molar-refractivity contribution in [3.05, 3.63) is 23.8 Å². The molecule has 128 valence electrons. The Morgan fingerprint density at radius 2 is 1.74 bits per heavy atom. The fourth-order valence-electron chi connectivity index (χ4n) is 3.73. The van der Waals surface area contributed by atoms with E-state index in [9.17, 15) is 8.78 Å². The first-order valence-electron chi connectivity index (χ1n) is 8.50. The molecule has 0 N–H and O–H groups in total. The van der Waals surface area contributed by atoms with Crippen molar-refractivity contribution in [2.45, 2.75) is 44.6 Å². The lowest BCUT2D eigenvalue weighted by Crippen LogP contribution is -2.49. The van der Waals surface area contributed by atoms with Gasteiger partial charge in [-0.15, -0.1) is 0 Å². The quantitative estimate of drug-likeness (QED) is 0.843. The second-order valence-electron chi connectivity index (χ2n) is 6.79. The molecule has 2 heterocycles. The molecule has 1 aromatic rings. The third-order valence-electron chi connectivity index (χ3n) is 5.19. The maximum Gasteiger partial charge on any atom is 0.250 e. The molecule has 0 amide bonds. The van der Waals surface area contributed by atoms with E-state index in [1.807, 2.05) is 0 Å². The summed E-state index contributed by atoms with van der Waals surface area (Å²) in [6.45, 7) is 5.04. The van der Waals surface area contributed by atoms with E-state index in [4.69, 9.17) is 4.74 Å². The Kier molecular flexibility index (Phi) is 4.76. The summed E-state index contributed by atoms with van der Waals surface area (Å²) in [5, 5.41) is 0. The predicted molar refractivity (Wildman–Crippen MR) is 88.7 cm³/mol. The number of hydrogen-bond acceptors (Lipinski definition) is 3. The molecule has 0 aromatic heterocycles. The fraction of sp³-hybridized carbons (Fsp3) is 0.667. The van der Waals surface area contributed by atoms with Gasteiger partial charge in [0.1, 0.15) is 5.75 Å². The van der Waals surface area contributed by atoms with E-state index in [1.54, 1.807) is 7.11 Å². The van der Waals surface area contributed by atoms with Gasteiger partial charge in [0.2, 0.25) is 0 Å². The number of nitrogens with zero attached hydrogens (tertiary/aromatic N) is 2. The largest absolute Gasteiger partial charge is 0.495 e. The van der Waals surface area contributed by atoms with Crippen LogP contribution in [0.2, 0.25) is 0 Å². The average Bonchev–Trinajstić information content (AvgIpc) is 2.55. The maximum absolute atomic E-state index is 13.3. The number of methoxy groups -OCH3 is 1. The molecule has 2 saturated heterocycles. The van der Waals surface area contributed by atoms with E-state index in [2.05, 4.69) is 34.9 Å². The summed E-state index contributed by atoms with van der Waals surface area (Å²) in [4.78, 5) is 4.62. The van der Waals surface area contributed by atoms with Crippen LogP contribution in [-0.2, 0) is 0 Å². The highest BCUT2D eigenvalue weighted by Gasteiger charge is 2.37. The van der Waals surface area contributed by atoms with Gasteiger partial charge in [-0.1, -0.05) is 6.07 Å². The van der Waals surface area contributed by atoms with Gasteiger partial charge in [-0.3, -0.25) is 4.90 Å². The average molecular weight is 324 g/mol. The van der Waals surface area contributed by atoms with Crippen LogP contribution in [0, 0.1) is 6.92 Å². The van der Waals surface area contributed by atoms with Crippen molar-refractivity contribution in [1.82, 2.24) is 4.90 Å². The number of anilines is 1. The summed E-state index contributed by atoms with van der Waals surface area (Å²) in [6, 6.07) is 6.74. The molecule has 0 spiro atoms. The van der Waals surface area contributed by atoms with E-state index < -0.39 is 5.92 Å². The number of piperidine rings is 2. The standard InChI is InChI=1S/C18H26F2N2O/c1-14-3-4-16(17(13-14)23-2)22-9-5-15(6-10-22)21-11-7-18(19,20)8-12-21/h3-4,13,15H,5-12H2,1-2H3. The topological polar surface area (TPSA) is 15.7 Å². The number of benzene rings is 1. The van der Waals surface area contributed by atoms with Crippen LogP contribution >= 0.6 is 0 Å². The van der Waals surface area contributed by atoms with Crippen LogP contribution < -0.4 is 9.64 Å². The van der Waals surface area contributed by atoms with Gasteiger partial charge in [-0.2, -0.15) is 0 Å². The van der Waals surface area contributed by atoms with Crippen molar-refractivity contribution in [2.24, 2.45) is 0 Å². The second kappa shape index (κ2) is 6.63. The molecular weight excluding hydrogens is 298 g/mol. The molecule has 2 aliphatic rings. The molecule has 0 unspecified atom stereocenters. The first-order chi connectivity index (χ1) is 11.0. The summed E-state index contributed by atoms with van der Waals surface area (Å²) in [7, 11) is 1.71. The first kappa shape index (κ1) is 16.5. The molecule has 23 heavy (non-hydrogen) atoms. The molecule has 0 aliphatic carbocycles. The fourth-order valence-corrected chi connectivity index (χ4v) is 3.73. The van der Waals surface area contributed by atoms with Crippen molar-refractivity contribution >= 4 is 5.69 Å². The van der Waals surface area contributed by atoms with Crippen LogP contribution in [-0.4, -0.2) is 50.2 Å². The minimum atomic E-state index is -2.45.